The van der Waals surface area contributed by atoms with Crippen molar-refractivity contribution in [2.45, 2.75) is 20.3 Å². The Balaban J connectivity index is 2.54. The summed E-state index contributed by atoms with van der Waals surface area (Å²) in [6, 6.07) is 6.14. The number of nitrogen functional groups attached to an aromatic ring is 1. The molecule has 0 aromatic heterocycles. The number of hydrogen-bond donors (Lipinski definition) is 2. The molecule has 0 aliphatic heterocycles. The third-order valence-corrected chi connectivity index (χ3v) is 3.45. The lowest BCUT2D eigenvalue weighted by Crippen LogP contribution is -2.12. The molecular weight excluding hydrogens is 358 g/mol. The molecular formula is C18H19NO8. The molecule has 9 heteroatoms. The summed E-state index contributed by atoms with van der Waals surface area (Å²) in [4.78, 5) is 34.4. The normalized spacial score (nSPS) is 10.3. The largest absolute Gasteiger partial charge is 0.513 e. The molecule has 27 heavy (non-hydrogen) atoms. The Labute approximate surface area is 154 Å². The van der Waals surface area contributed by atoms with Crippen molar-refractivity contribution >= 4 is 24.0 Å². The van der Waals surface area contributed by atoms with Crippen molar-refractivity contribution in [2.75, 3.05) is 18.9 Å². The lowest BCUT2D eigenvalue weighted by atomic mass is 10.2. The first-order valence-electron chi connectivity index (χ1n) is 8.12. The van der Waals surface area contributed by atoms with Gasteiger partial charge in [-0.2, -0.15) is 0 Å². The van der Waals surface area contributed by atoms with Gasteiger partial charge in [0.2, 0.25) is 0 Å². The number of hydrogen-bond acceptors (Lipinski definition) is 8. The Morgan fingerprint density at radius 3 is 1.70 bits per heavy atom. The first-order chi connectivity index (χ1) is 12.9. The van der Waals surface area contributed by atoms with E-state index in [-0.39, 0.29) is 36.8 Å². The third-order valence-electron chi connectivity index (χ3n) is 3.45. The van der Waals surface area contributed by atoms with E-state index < -0.39 is 18.3 Å². The van der Waals surface area contributed by atoms with Crippen LogP contribution in [-0.2, 0) is 20.7 Å². The van der Waals surface area contributed by atoms with E-state index in [1.165, 1.54) is 12.1 Å². The summed E-state index contributed by atoms with van der Waals surface area (Å²) in [5.41, 5.74) is 7.09. The SMILES string of the molecule is CCOC(=O)Oc1c2ccc(CC(=O)O)ccc-2c(OC(=O)OCC)c1N. The molecule has 0 radical (unpaired) electrons. The van der Waals surface area contributed by atoms with Gasteiger partial charge in [0.05, 0.1) is 19.6 Å². The van der Waals surface area contributed by atoms with E-state index in [0.29, 0.717) is 16.7 Å². The van der Waals surface area contributed by atoms with Gasteiger partial charge in [0.1, 0.15) is 5.69 Å². The Bertz CT molecular complexity index is 775. The number of fused-ring (bicyclic) bond motifs is 1. The summed E-state index contributed by atoms with van der Waals surface area (Å²) in [6.45, 7) is 3.42. The van der Waals surface area contributed by atoms with Crippen molar-refractivity contribution in [3.63, 3.8) is 0 Å². The zero-order valence-electron chi connectivity index (χ0n) is 14.8. The van der Waals surface area contributed by atoms with Crippen LogP contribution in [0.2, 0.25) is 0 Å². The van der Waals surface area contributed by atoms with E-state index in [1.807, 2.05) is 0 Å². The molecule has 0 unspecified atom stereocenters. The molecule has 3 N–H and O–H groups in total. The predicted molar refractivity (Wildman–Crippen MR) is 94.1 cm³/mol. The fraction of sp³-hybridized carbons (Fsp3) is 0.278. The number of aliphatic carboxylic acids is 1. The summed E-state index contributed by atoms with van der Waals surface area (Å²) in [5.74, 6) is -1.12. The van der Waals surface area contributed by atoms with Crippen molar-refractivity contribution in [1.82, 2.24) is 0 Å². The quantitative estimate of drug-likeness (QED) is 0.728. The number of carboxylic acids is 1. The van der Waals surface area contributed by atoms with Crippen LogP contribution in [0.1, 0.15) is 19.4 Å². The number of nitrogens with two attached hydrogens (primary N) is 1. The molecule has 2 aliphatic rings. The second kappa shape index (κ2) is 8.75. The number of ether oxygens (including phenoxy) is 4. The molecule has 0 saturated heterocycles. The molecule has 9 nitrogen and oxygen atoms in total. The fourth-order valence-electron chi connectivity index (χ4n) is 2.38. The van der Waals surface area contributed by atoms with Crippen LogP contribution in [0.15, 0.2) is 24.3 Å². The molecule has 2 rings (SSSR count). The minimum atomic E-state index is -1.01. The molecule has 0 atom stereocenters. The molecule has 0 saturated carbocycles. The average molecular weight is 377 g/mol. The van der Waals surface area contributed by atoms with E-state index in [4.69, 9.17) is 29.8 Å². The topological polar surface area (TPSA) is 134 Å². The first kappa shape index (κ1) is 19.8. The van der Waals surface area contributed by atoms with E-state index in [2.05, 4.69) is 0 Å². The molecule has 144 valence electrons. The van der Waals surface area contributed by atoms with Crippen LogP contribution in [-0.4, -0.2) is 36.6 Å². The van der Waals surface area contributed by atoms with Crippen molar-refractivity contribution in [3.05, 3.63) is 29.8 Å². The van der Waals surface area contributed by atoms with E-state index in [1.54, 1.807) is 26.0 Å². The van der Waals surface area contributed by atoms with Gasteiger partial charge in [-0.15, -0.1) is 0 Å². The standard InChI is InChI=1S/C18H19NO8/c1-3-24-17(22)26-15-11-7-5-10(9-13(20)21)6-8-12(11)16(14(15)19)27-18(23)25-4-2/h5-8H,3-4,9,19H2,1-2H3,(H,20,21). The number of carbonyl (C=O) groups is 3. The van der Waals surface area contributed by atoms with E-state index in [0.717, 1.165) is 0 Å². The maximum Gasteiger partial charge on any atom is 0.513 e. The molecule has 0 heterocycles. The van der Waals surface area contributed by atoms with E-state index in [9.17, 15) is 14.4 Å². The minimum absolute atomic E-state index is 0.0553. The van der Waals surface area contributed by atoms with Gasteiger partial charge >= 0.3 is 18.3 Å². The Hall–Kier alpha value is -3.49. The Morgan fingerprint density at radius 2 is 1.33 bits per heavy atom. The van der Waals surface area contributed by atoms with Crippen LogP contribution >= 0.6 is 0 Å². The summed E-state index contributed by atoms with van der Waals surface area (Å²) in [7, 11) is 0. The number of carboxylic acid groups (broad SMARTS) is 1. The summed E-state index contributed by atoms with van der Waals surface area (Å²) in [5, 5.41) is 8.95. The van der Waals surface area contributed by atoms with Crippen LogP contribution in [0.5, 0.6) is 11.5 Å². The summed E-state index contributed by atoms with van der Waals surface area (Å²) < 4.78 is 19.8. The summed E-state index contributed by atoms with van der Waals surface area (Å²) in [6.07, 6.45) is -2.17. The molecule has 0 bridgehead atoms. The van der Waals surface area contributed by atoms with Crippen LogP contribution < -0.4 is 15.2 Å². The maximum atomic E-state index is 11.7. The molecule has 0 aromatic rings. The Morgan fingerprint density at radius 1 is 0.889 bits per heavy atom. The number of anilines is 1. The molecule has 0 aromatic carbocycles. The van der Waals surface area contributed by atoms with Crippen LogP contribution in [0.3, 0.4) is 0 Å². The van der Waals surface area contributed by atoms with Gasteiger partial charge in [0.15, 0.2) is 11.5 Å². The minimum Gasteiger partial charge on any atom is -0.481 e. The van der Waals surface area contributed by atoms with Crippen molar-refractivity contribution < 1.29 is 38.4 Å². The van der Waals surface area contributed by atoms with Gasteiger partial charge in [0, 0.05) is 11.1 Å². The van der Waals surface area contributed by atoms with Gasteiger partial charge in [-0.3, -0.25) is 4.79 Å². The van der Waals surface area contributed by atoms with Gasteiger partial charge < -0.3 is 29.8 Å². The van der Waals surface area contributed by atoms with Crippen LogP contribution in [0, 0.1) is 0 Å². The molecule has 0 fully saturated rings. The van der Waals surface area contributed by atoms with E-state index >= 15 is 0 Å². The van der Waals surface area contributed by atoms with Gasteiger partial charge in [-0.1, -0.05) is 24.3 Å². The first-order valence-corrected chi connectivity index (χ1v) is 8.12. The van der Waals surface area contributed by atoms with Gasteiger partial charge in [0.25, 0.3) is 0 Å². The van der Waals surface area contributed by atoms with Gasteiger partial charge in [-0.05, 0) is 19.4 Å². The Kier molecular flexibility index (Phi) is 6.42. The lowest BCUT2D eigenvalue weighted by molar-refractivity contribution is -0.136. The second-order valence-electron chi connectivity index (χ2n) is 5.28. The zero-order valence-corrected chi connectivity index (χ0v) is 14.8. The van der Waals surface area contributed by atoms with Gasteiger partial charge in [-0.25, -0.2) is 9.59 Å². The molecule has 0 amide bonds. The smallest absolute Gasteiger partial charge is 0.481 e. The van der Waals surface area contributed by atoms with Crippen molar-refractivity contribution in [2.24, 2.45) is 0 Å². The molecule has 0 spiro atoms. The molecule has 2 aliphatic carbocycles. The summed E-state index contributed by atoms with van der Waals surface area (Å²) >= 11 is 0. The maximum absolute atomic E-state index is 11.7. The third kappa shape index (κ3) is 4.78. The second-order valence-corrected chi connectivity index (χ2v) is 5.28. The number of carbonyl (C=O) groups excluding carboxylic acids is 2. The van der Waals surface area contributed by atoms with Crippen LogP contribution in [0.4, 0.5) is 15.3 Å². The highest BCUT2D eigenvalue weighted by atomic mass is 16.7. The predicted octanol–water partition coefficient (Wildman–Crippen LogP) is 3.07. The van der Waals surface area contributed by atoms with Crippen molar-refractivity contribution in [3.8, 4) is 22.6 Å². The van der Waals surface area contributed by atoms with Crippen LogP contribution in [0.25, 0.3) is 11.1 Å². The average Bonchev–Trinajstić information content (AvgIpc) is 2.73. The van der Waals surface area contributed by atoms with Crippen molar-refractivity contribution in [1.29, 1.82) is 0 Å². The number of rotatable bonds is 6. The monoisotopic (exact) mass is 377 g/mol. The highest BCUT2D eigenvalue weighted by Gasteiger charge is 2.28. The fourth-order valence-corrected chi connectivity index (χ4v) is 2.38. The zero-order chi connectivity index (χ0) is 20.0. The highest BCUT2D eigenvalue weighted by Crippen LogP contribution is 2.50. The lowest BCUT2D eigenvalue weighted by Gasteiger charge is -2.05. The highest BCUT2D eigenvalue weighted by molar-refractivity contribution is 5.95.